The number of ether oxygens (including phenoxy) is 3. The predicted octanol–water partition coefficient (Wildman–Crippen LogP) is 8.38. The van der Waals surface area contributed by atoms with Gasteiger partial charge in [-0.2, -0.15) is 0 Å². The number of hydrogen-bond acceptors (Lipinski definition) is 14. The van der Waals surface area contributed by atoms with Gasteiger partial charge in [-0.25, -0.2) is 9.13 Å². The maximum Gasteiger partial charge on any atom is 0.472 e. The highest BCUT2D eigenvalue weighted by atomic mass is 31.2. The van der Waals surface area contributed by atoms with Crippen LogP contribution >= 0.6 is 15.6 Å². The summed E-state index contributed by atoms with van der Waals surface area (Å²) >= 11 is 0. The molecule has 19 heteroatoms. The van der Waals surface area contributed by atoms with Crippen LogP contribution < -0.4 is 0 Å². The number of aliphatic hydroxyl groups is 4. The number of carbonyl (C=O) groups is 2. The van der Waals surface area contributed by atoms with E-state index in [2.05, 4.69) is 91.3 Å². The van der Waals surface area contributed by atoms with Crippen molar-refractivity contribution in [1.29, 1.82) is 0 Å². The molecule has 1 saturated carbocycles. The molecule has 2 rings (SSSR count). The molecule has 68 heavy (non-hydrogen) atoms. The molecule has 2 aliphatic rings. The summed E-state index contributed by atoms with van der Waals surface area (Å²) in [7, 11) is -10.7. The highest BCUT2D eigenvalue weighted by Crippen LogP contribution is 2.49. The number of allylic oxidation sites excluding steroid dienone is 13. The number of rotatable bonds is 38. The molecular formula is C49H80O17P2. The first kappa shape index (κ1) is 61.3. The van der Waals surface area contributed by atoms with E-state index in [1.165, 1.54) is 19.3 Å². The van der Waals surface area contributed by atoms with Gasteiger partial charge in [0.2, 0.25) is 0 Å². The molecule has 17 nitrogen and oxygen atoms in total. The number of phosphoric acid groups is 2. The first-order valence-electron chi connectivity index (χ1n) is 24.3. The van der Waals surface area contributed by atoms with Crippen molar-refractivity contribution in [3.05, 3.63) is 85.1 Å². The third-order valence-corrected chi connectivity index (χ3v) is 12.4. The average molecular weight is 1000 g/mol. The van der Waals surface area contributed by atoms with Gasteiger partial charge in [-0.15, -0.1) is 0 Å². The van der Waals surface area contributed by atoms with Gasteiger partial charge in [-0.1, -0.05) is 131 Å². The van der Waals surface area contributed by atoms with Crippen LogP contribution in [0.2, 0.25) is 0 Å². The fourth-order valence-electron chi connectivity index (χ4n) is 7.04. The van der Waals surface area contributed by atoms with Crippen LogP contribution in [0.5, 0.6) is 0 Å². The lowest BCUT2D eigenvalue weighted by atomic mass is 9.85. The standard InChI is InChI=1S/C49H80O17P2/c1-3-5-7-8-9-10-11-12-13-14-15-16-17-21-24-27-31-35-42(50)61-37-39(38-62-68(59,60)66-49-46(54)44(52)45(53)48(47(49)55)65-67(56,57)58)63-43(51)36-32-28-25-22-19-18-20-23-26-30-34-41-40(64-41)33-29-6-4-2/h5,7,9-10,12-13,15-16,18,20,22,25-26,30,39-41,44-49,52-55H,3-4,6,8,11,14,17,19,21,23-24,27-29,31-38H2,1-2H3,(H,59,60)(H2,56,57,58)/b7-5-,10-9-,13-12-,16-15-,20-18-,25-22-,30-26-/t39-,40?,41?,44?,45?,46?,47?,48-,49+/m1/s1. The molecule has 7 unspecified atom stereocenters. The quantitative estimate of drug-likeness (QED) is 0.0101. The second kappa shape index (κ2) is 36.1. The Bertz CT molecular complexity index is 1700. The highest BCUT2D eigenvalue weighted by molar-refractivity contribution is 7.47. The smallest absolute Gasteiger partial charge is 0.462 e. The number of epoxide rings is 1. The van der Waals surface area contributed by atoms with Gasteiger partial charge in [0.1, 0.15) is 43.2 Å². The van der Waals surface area contributed by atoms with Crippen LogP contribution in [0.3, 0.4) is 0 Å². The van der Waals surface area contributed by atoms with Crippen molar-refractivity contribution in [3.63, 3.8) is 0 Å². The SMILES string of the molecule is CC/C=C\C/C=C\C/C=C\C/C=C\CCCCCCC(=O)OC[C@H](COP(=O)(O)O[C@H]1C(O)C(O)C(O)[C@@H](OP(=O)(O)O)C1O)OC(=O)CCC/C=C\C/C=C\C/C=C\CC1OC1CCCCC. The Morgan fingerprint density at radius 3 is 1.68 bits per heavy atom. The van der Waals surface area contributed by atoms with Gasteiger partial charge in [0, 0.05) is 12.8 Å². The maximum absolute atomic E-state index is 13.0. The molecule has 1 aliphatic heterocycles. The maximum atomic E-state index is 13.0. The summed E-state index contributed by atoms with van der Waals surface area (Å²) in [4.78, 5) is 54.3. The van der Waals surface area contributed by atoms with E-state index in [1.807, 2.05) is 12.2 Å². The zero-order chi connectivity index (χ0) is 50.0. The van der Waals surface area contributed by atoms with E-state index in [4.69, 9.17) is 23.3 Å². The molecular weight excluding hydrogens is 922 g/mol. The van der Waals surface area contributed by atoms with Crippen molar-refractivity contribution in [2.75, 3.05) is 13.2 Å². The minimum Gasteiger partial charge on any atom is -0.462 e. The monoisotopic (exact) mass is 1000 g/mol. The summed E-state index contributed by atoms with van der Waals surface area (Å²) in [6, 6.07) is 0. The van der Waals surface area contributed by atoms with Crippen LogP contribution in [0.25, 0.3) is 0 Å². The number of hydrogen-bond donors (Lipinski definition) is 7. The molecule has 1 saturated heterocycles. The Morgan fingerprint density at radius 1 is 0.559 bits per heavy atom. The predicted molar refractivity (Wildman–Crippen MR) is 259 cm³/mol. The van der Waals surface area contributed by atoms with Gasteiger partial charge in [0.15, 0.2) is 6.10 Å². The highest BCUT2D eigenvalue weighted by Gasteiger charge is 2.54. The van der Waals surface area contributed by atoms with Crippen LogP contribution in [0.4, 0.5) is 0 Å². The van der Waals surface area contributed by atoms with Crippen LogP contribution in [0, 0.1) is 0 Å². The summed E-state index contributed by atoms with van der Waals surface area (Å²) in [6.45, 7) is 2.89. The minimum atomic E-state index is -5.38. The number of unbranched alkanes of at least 4 members (excludes halogenated alkanes) is 7. The number of aliphatic hydroxyl groups excluding tert-OH is 4. The molecule has 0 radical (unpaired) electrons. The van der Waals surface area contributed by atoms with E-state index in [1.54, 1.807) is 0 Å². The Labute approximate surface area is 403 Å². The van der Waals surface area contributed by atoms with Crippen molar-refractivity contribution < 1.29 is 81.6 Å². The molecule has 0 amide bonds. The molecule has 1 aliphatic carbocycles. The second-order valence-electron chi connectivity index (χ2n) is 16.8. The molecule has 2 fully saturated rings. The van der Waals surface area contributed by atoms with Gasteiger partial charge in [0.05, 0.1) is 18.8 Å². The van der Waals surface area contributed by atoms with Gasteiger partial charge < -0.3 is 49.3 Å². The lowest BCUT2D eigenvalue weighted by Gasteiger charge is -2.43. The van der Waals surface area contributed by atoms with Gasteiger partial charge in [0.25, 0.3) is 0 Å². The van der Waals surface area contributed by atoms with E-state index in [0.717, 1.165) is 77.0 Å². The van der Waals surface area contributed by atoms with Crippen molar-refractivity contribution in [2.45, 2.75) is 197 Å². The number of phosphoric ester groups is 2. The molecule has 0 aromatic carbocycles. The Hall–Kier alpha value is -2.86. The molecule has 7 N–H and O–H groups in total. The number of carbonyl (C=O) groups excluding carboxylic acids is 2. The zero-order valence-corrected chi connectivity index (χ0v) is 41.7. The van der Waals surface area contributed by atoms with Crippen LogP contribution in [-0.2, 0) is 46.5 Å². The molecule has 10 atom stereocenters. The van der Waals surface area contributed by atoms with E-state index >= 15 is 0 Å². The molecule has 388 valence electrons. The van der Waals surface area contributed by atoms with Gasteiger partial charge in [-0.3, -0.25) is 23.2 Å². The molecule has 1 heterocycles. The third-order valence-electron chi connectivity index (χ3n) is 10.9. The topological polar surface area (TPSA) is 269 Å². The molecule has 0 aromatic rings. The Morgan fingerprint density at radius 2 is 1.09 bits per heavy atom. The van der Waals surface area contributed by atoms with E-state index < -0.39 is 83.5 Å². The lowest BCUT2D eigenvalue weighted by Crippen LogP contribution is -2.64. The largest absolute Gasteiger partial charge is 0.472 e. The average Bonchev–Trinajstić information content (AvgIpc) is 4.05. The number of esters is 2. The summed E-state index contributed by atoms with van der Waals surface area (Å²) in [5.41, 5.74) is 0. The minimum absolute atomic E-state index is 0.0462. The van der Waals surface area contributed by atoms with Gasteiger partial charge in [-0.05, 0) is 83.5 Å². The van der Waals surface area contributed by atoms with Crippen LogP contribution in [-0.4, -0.2) is 115 Å². The summed E-state index contributed by atoms with van der Waals surface area (Å²) in [6.07, 6.45) is 31.4. The Kier molecular flexibility index (Phi) is 32.5. The van der Waals surface area contributed by atoms with E-state index in [0.29, 0.717) is 31.5 Å². The molecule has 0 bridgehead atoms. The third kappa shape index (κ3) is 29.4. The van der Waals surface area contributed by atoms with Crippen LogP contribution in [0.15, 0.2) is 85.1 Å². The zero-order valence-electron chi connectivity index (χ0n) is 39.9. The van der Waals surface area contributed by atoms with Crippen molar-refractivity contribution >= 4 is 27.6 Å². The lowest BCUT2D eigenvalue weighted by molar-refractivity contribution is -0.216. The summed E-state index contributed by atoms with van der Waals surface area (Å²) in [5, 5.41) is 41.3. The van der Waals surface area contributed by atoms with Crippen molar-refractivity contribution in [2.24, 2.45) is 0 Å². The van der Waals surface area contributed by atoms with Crippen molar-refractivity contribution in [3.8, 4) is 0 Å². The Balaban J connectivity index is 1.82. The van der Waals surface area contributed by atoms with Crippen LogP contribution in [0.1, 0.15) is 142 Å². The normalized spacial score (nSPS) is 25.0. The van der Waals surface area contributed by atoms with Crippen molar-refractivity contribution in [1.82, 2.24) is 0 Å². The van der Waals surface area contributed by atoms with E-state index in [-0.39, 0.29) is 12.8 Å². The first-order valence-corrected chi connectivity index (χ1v) is 27.3. The summed E-state index contributed by atoms with van der Waals surface area (Å²) < 4.78 is 55.1. The molecule has 0 aromatic heterocycles. The fourth-order valence-corrected chi connectivity index (χ4v) is 8.58. The summed E-state index contributed by atoms with van der Waals surface area (Å²) in [5.74, 6) is -1.31. The molecule has 0 spiro atoms. The second-order valence-corrected chi connectivity index (χ2v) is 19.4. The fraction of sp³-hybridized carbons (Fsp3) is 0.673. The van der Waals surface area contributed by atoms with E-state index in [9.17, 15) is 53.8 Å². The first-order chi connectivity index (χ1) is 32.6. The van der Waals surface area contributed by atoms with Gasteiger partial charge >= 0.3 is 27.6 Å².